The Hall–Kier alpha value is -2.15. The Labute approximate surface area is 156 Å². The number of ether oxygens (including phenoxy) is 1. The molecule has 4 rings (SSSR count). The number of hydrogen-bond acceptors (Lipinski definition) is 6. The molecule has 6 nitrogen and oxygen atoms in total. The Bertz CT molecular complexity index is 811. The Morgan fingerprint density at radius 1 is 1.12 bits per heavy atom. The first-order chi connectivity index (χ1) is 12.8. The molecule has 1 atom stereocenters. The summed E-state index contributed by atoms with van der Waals surface area (Å²) >= 11 is 5.93. The largest absolute Gasteiger partial charge is 0.468 e. The van der Waals surface area contributed by atoms with Crippen LogP contribution in [-0.2, 0) is 17.8 Å². The van der Waals surface area contributed by atoms with E-state index >= 15 is 0 Å². The highest BCUT2D eigenvalue weighted by Crippen LogP contribution is 2.22. The first-order valence-electron chi connectivity index (χ1n) is 8.71. The molecule has 0 aliphatic carbocycles. The first kappa shape index (κ1) is 17.3. The maximum Gasteiger partial charge on any atom is 0.247 e. The average Bonchev–Trinajstić information content (AvgIpc) is 3.38. The maximum absolute atomic E-state index is 5.93. The molecule has 0 radical (unpaired) electrons. The van der Waals surface area contributed by atoms with E-state index < -0.39 is 0 Å². The van der Waals surface area contributed by atoms with Gasteiger partial charge in [-0.05, 0) is 49.2 Å². The van der Waals surface area contributed by atoms with Gasteiger partial charge >= 0.3 is 0 Å². The molecule has 1 fully saturated rings. The summed E-state index contributed by atoms with van der Waals surface area (Å²) in [6.45, 7) is 2.85. The van der Waals surface area contributed by atoms with E-state index in [0.29, 0.717) is 29.9 Å². The zero-order chi connectivity index (χ0) is 17.8. The van der Waals surface area contributed by atoms with Crippen LogP contribution in [0, 0.1) is 0 Å². The SMILES string of the molecule is Clc1ccc(-c2nnc(CN(Cc3ccco3)C[C@H]3CCCO3)o2)cc1. The molecule has 1 aromatic carbocycles. The molecule has 0 unspecified atom stereocenters. The number of nitrogens with zero attached hydrogens (tertiary/aromatic N) is 3. The van der Waals surface area contributed by atoms with Crippen molar-refractivity contribution in [3.8, 4) is 11.5 Å². The van der Waals surface area contributed by atoms with Crippen molar-refractivity contribution in [1.29, 1.82) is 0 Å². The fourth-order valence-corrected chi connectivity index (χ4v) is 3.23. The van der Waals surface area contributed by atoms with Gasteiger partial charge in [0, 0.05) is 23.7 Å². The molecule has 1 aliphatic heterocycles. The minimum Gasteiger partial charge on any atom is -0.468 e. The Kier molecular flexibility index (Phi) is 5.34. The van der Waals surface area contributed by atoms with Crippen LogP contribution >= 0.6 is 11.6 Å². The van der Waals surface area contributed by atoms with E-state index in [0.717, 1.165) is 37.3 Å². The molecule has 2 aromatic heterocycles. The summed E-state index contributed by atoms with van der Waals surface area (Å²) < 4.78 is 17.1. The lowest BCUT2D eigenvalue weighted by Gasteiger charge is -2.22. The maximum atomic E-state index is 5.93. The molecule has 1 saturated heterocycles. The molecule has 0 saturated carbocycles. The minimum atomic E-state index is 0.239. The third-order valence-electron chi connectivity index (χ3n) is 4.36. The summed E-state index contributed by atoms with van der Waals surface area (Å²) in [6, 6.07) is 11.2. The van der Waals surface area contributed by atoms with Gasteiger partial charge in [-0.3, -0.25) is 4.90 Å². The Balaban J connectivity index is 1.46. The van der Waals surface area contributed by atoms with E-state index in [4.69, 9.17) is 25.2 Å². The predicted octanol–water partition coefficient (Wildman–Crippen LogP) is 4.16. The third-order valence-corrected chi connectivity index (χ3v) is 4.61. The van der Waals surface area contributed by atoms with Crippen LogP contribution in [0.5, 0.6) is 0 Å². The van der Waals surface area contributed by atoms with Crippen molar-refractivity contribution in [1.82, 2.24) is 15.1 Å². The molecule has 3 aromatic rings. The summed E-state index contributed by atoms with van der Waals surface area (Å²) in [6.07, 6.45) is 4.11. The lowest BCUT2D eigenvalue weighted by molar-refractivity contribution is 0.0624. The number of furan rings is 1. The minimum absolute atomic E-state index is 0.239. The summed E-state index contributed by atoms with van der Waals surface area (Å²) in [5.41, 5.74) is 0.852. The van der Waals surface area contributed by atoms with Crippen molar-refractivity contribution >= 4 is 11.6 Å². The predicted molar refractivity (Wildman–Crippen MR) is 96.5 cm³/mol. The van der Waals surface area contributed by atoms with E-state index in [2.05, 4.69) is 15.1 Å². The Morgan fingerprint density at radius 3 is 2.73 bits per heavy atom. The van der Waals surface area contributed by atoms with Crippen molar-refractivity contribution in [2.45, 2.75) is 32.0 Å². The van der Waals surface area contributed by atoms with Crippen molar-refractivity contribution in [2.75, 3.05) is 13.2 Å². The van der Waals surface area contributed by atoms with E-state index in [-0.39, 0.29) is 6.10 Å². The van der Waals surface area contributed by atoms with Crippen LogP contribution in [-0.4, -0.2) is 34.4 Å². The second-order valence-electron chi connectivity index (χ2n) is 6.39. The molecular formula is C19H20ClN3O3. The van der Waals surface area contributed by atoms with Crippen LogP contribution in [0.15, 0.2) is 51.5 Å². The van der Waals surface area contributed by atoms with E-state index in [1.165, 1.54) is 0 Å². The highest BCUT2D eigenvalue weighted by molar-refractivity contribution is 6.30. The standard InChI is InChI=1S/C19H20ClN3O3/c20-15-7-5-14(6-8-15)19-22-21-18(26-19)13-23(11-16-3-1-9-24-16)12-17-4-2-10-25-17/h1,3,5-9,17H,2,4,10-13H2/t17-/m1/s1. The van der Waals surface area contributed by atoms with Crippen LogP contribution in [0.2, 0.25) is 5.02 Å². The number of aromatic nitrogens is 2. The lowest BCUT2D eigenvalue weighted by Crippen LogP contribution is -2.31. The number of rotatable bonds is 7. The molecule has 0 spiro atoms. The third kappa shape index (κ3) is 4.33. The van der Waals surface area contributed by atoms with Gasteiger partial charge in [0.2, 0.25) is 11.8 Å². The monoisotopic (exact) mass is 373 g/mol. The molecule has 0 N–H and O–H groups in total. The molecule has 26 heavy (non-hydrogen) atoms. The van der Waals surface area contributed by atoms with Gasteiger partial charge < -0.3 is 13.6 Å². The molecule has 7 heteroatoms. The van der Waals surface area contributed by atoms with Gasteiger partial charge in [0.15, 0.2) is 0 Å². The van der Waals surface area contributed by atoms with Crippen molar-refractivity contribution < 1.29 is 13.6 Å². The molecule has 3 heterocycles. The van der Waals surface area contributed by atoms with Crippen LogP contribution < -0.4 is 0 Å². The lowest BCUT2D eigenvalue weighted by atomic mass is 10.2. The second-order valence-corrected chi connectivity index (χ2v) is 6.83. The van der Waals surface area contributed by atoms with Gasteiger partial charge in [0.1, 0.15) is 5.76 Å². The highest BCUT2D eigenvalue weighted by atomic mass is 35.5. The first-order valence-corrected chi connectivity index (χ1v) is 9.09. The van der Waals surface area contributed by atoms with E-state index in [1.807, 2.05) is 24.3 Å². The number of halogens is 1. The van der Waals surface area contributed by atoms with Gasteiger partial charge in [0.05, 0.1) is 25.5 Å². The number of benzene rings is 1. The molecule has 0 bridgehead atoms. The normalized spacial score (nSPS) is 17.2. The van der Waals surface area contributed by atoms with Crippen LogP contribution in [0.25, 0.3) is 11.5 Å². The van der Waals surface area contributed by atoms with Gasteiger partial charge in [-0.15, -0.1) is 10.2 Å². The van der Waals surface area contributed by atoms with Gasteiger partial charge in [-0.2, -0.15) is 0 Å². The highest BCUT2D eigenvalue weighted by Gasteiger charge is 2.22. The summed E-state index contributed by atoms with van der Waals surface area (Å²) in [5, 5.41) is 9.03. The summed E-state index contributed by atoms with van der Waals surface area (Å²) in [7, 11) is 0. The van der Waals surface area contributed by atoms with Crippen LogP contribution in [0.3, 0.4) is 0 Å². The van der Waals surface area contributed by atoms with E-state index in [9.17, 15) is 0 Å². The number of hydrogen-bond donors (Lipinski definition) is 0. The Morgan fingerprint density at radius 2 is 2.00 bits per heavy atom. The van der Waals surface area contributed by atoms with Gasteiger partial charge in [-0.1, -0.05) is 11.6 Å². The van der Waals surface area contributed by atoms with Crippen LogP contribution in [0.1, 0.15) is 24.5 Å². The molecular weight excluding hydrogens is 354 g/mol. The van der Waals surface area contributed by atoms with E-state index in [1.54, 1.807) is 18.4 Å². The van der Waals surface area contributed by atoms with Gasteiger partial charge in [0.25, 0.3) is 0 Å². The van der Waals surface area contributed by atoms with Crippen molar-refractivity contribution in [3.63, 3.8) is 0 Å². The second kappa shape index (κ2) is 8.03. The average molecular weight is 374 g/mol. The fraction of sp³-hybridized carbons (Fsp3) is 0.368. The van der Waals surface area contributed by atoms with Crippen molar-refractivity contribution in [3.05, 3.63) is 59.3 Å². The zero-order valence-electron chi connectivity index (χ0n) is 14.3. The van der Waals surface area contributed by atoms with Crippen molar-refractivity contribution in [2.24, 2.45) is 0 Å². The van der Waals surface area contributed by atoms with Crippen LogP contribution in [0.4, 0.5) is 0 Å². The smallest absolute Gasteiger partial charge is 0.247 e. The fourth-order valence-electron chi connectivity index (χ4n) is 3.10. The molecule has 136 valence electrons. The topological polar surface area (TPSA) is 64.5 Å². The quantitative estimate of drug-likeness (QED) is 0.619. The summed E-state index contributed by atoms with van der Waals surface area (Å²) in [5.74, 6) is 1.96. The van der Waals surface area contributed by atoms with Gasteiger partial charge in [-0.25, -0.2) is 0 Å². The zero-order valence-corrected chi connectivity index (χ0v) is 15.1. The molecule has 1 aliphatic rings. The molecule has 0 amide bonds. The summed E-state index contributed by atoms with van der Waals surface area (Å²) in [4.78, 5) is 2.22.